The van der Waals surface area contributed by atoms with Gasteiger partial charge in [-0.2, -0.15) is 0 Å². The number of halogens is 1. The highest BCUT2D eigenvalue weighted by atomic mass is 79.9. The molecule has 2 aliphatic rings. The lowest BCUT2D eigenvalue weighted by molar-refractivity contribution is -0.657. The summed E-state index contributed by atoms with van der Waals surface area (Å²) in [7, 11) is 2.10. The molecule has 4 aromatic rings. The Balaban J connectivity index is 0.00000294. The lowest BCUT2D eigenvalue weighted by Crippen LogP contribution is -3.00. The number of imidazole rings is 1. The number of aromatic nitrogens is 2. The maximum absolute atomic E-state index is 13.8. The Morgan fingerprint density at radius 1 is 1.00 bits per heavy atom. The normalized spacial score (nSPS) is 19.8. The molecule has 1 aromatic heterocycles. The van der Waals surface area contributed by atoms with Gasteiger partial charge >= 0.3 is 0 Å². The van der Waals surface area contributed by atoms with Crippen molar-refractivity contribution in [2.45, 2.75) is 51.9 Å². The van der Waals surface area contributed by atoms with Crippen LogP contribution < -0.4 is 26.4 Å². The zero-order valence-electron chi connectivity index (χ0n) is 22.3. The number of para-hydroxylation sites is 1. The average molecular weight is 574 g/mol. The quantitative estimate of drug-likeness (QED) is 0.268. The third-order valence-electron chi connectivity index (χ3n) is 8.53. The van der Waals surface area contributed by atoms with E-state index in [0.717, 1.165) is 29.6 Å². The topological polar surface area (TPSA) is 49.4 Å². The molecule has 0 spiro atoms. The standard InChI is InChI=1S/C31H33N4O2.BrH/c1-21-16-26-27(17-22(21)2)34(20-33(26)18-28(36)23-10-6-5-7-11-23)19-29(37)35-15-14-31(3)24-12-8-9-13-25(24)32(4)30(31)35;/h5-13,16-17,20,30H,14-15,18-19H2,1-4H3;1H/q+1;/p-1. The Hall–Kier alpha value is -3.45. The summed E-state index contributed by atoms with van der Waals surface area (Å²) in [6.07, 6.45) is 2.89. The van der Waals surface area contributed by atoms with Gasteiger partial charge in [-0.1, -0.05) is 55.5 Å². The Bertz CT molecular complexity index is 1550. The number of carbonyl (C=O) groups is 2. The number of aryl methyl sites for hydroxylation is 2. The van der Waals surface area contributed by atoms with Crippen LogP contribution in [0.2, 0.25) is 0 Å². The Labute approximate surface area is 234 Å². The van der Waals surface area contributed by atoms with Crippen LogP contribution in [-0.4, -0.2) is 40.9 Å². The van der Waals surface area contributed by atoms with Crippen molar-refractivity contribution < 1.29 is 31.1 Å². The molecule has 1 saturated heterocycles. The van der Waals surface area contributed by atoms with Gasteiger partial charge in [-0.3, -0.25) is 9.59 Å². The third-order valence-corrected chi connectivity index (χ3v) is 8.53. The van der Waals surface area contributed by atoms with Gasteiger partial charge in [0, 0.05) is 30.3 Å². The van der Waals surface area contributed by atoms with E-state index >= 15 is 0 Å². The maximum atomic E-state index is 13.8. The Kier molecular flexibility index (Phi) is 6.68. The molecule has 0 aliphatic carbocycles. The molecule has 0 N–H and O–H groups in total. The molecule has 1 fully saturated rings. The van der Waals surface area contributed by atoms with Gasteiger partial charge in [0.05, 0.1) is 0 Å². The average Bonchev–Trinajstić information content (AvgIpc) is 3.49. The maximum Gasteiger partial charge on any atom is 0.266 e. The summed E-state index contributed by atoms with van der Waals surface area (Å²) in [6, 6.07) is 22.2. The van der Waals surface area contributed by atoms with Crippen molar-refractivity contribution in [2.24, 2.45) is 0 Å². The van der Waals surface area contributed by atoms with Gasteiger partial charge < -0.3 is 26.8 Å². The summed E-state index contributed by atoms with van der Waals surface area (Å²) in [5.41, 5.74) is 7.43. The van der Waals surface area contributed by atoms with Gasteiger partial charge in [0.1, 0.15) is 6.17 Å². The highest BCUT2D eigenvalue weighted by Crippen LogP contribution is 2.51. The van der Waals surface area contributed by atoms with E-state index in [0.29, 0.717) is 5.56 Å². The van der Waals surface area contributed by atoms with Crippen LogP contribution in [-0.2, 0) is 23.3 Å². The van der Waals surface area contributed by atoms with Crippen LogP contribution in [0, 0.1) is 13.8 Å². The van der Waals surface area contributed by atoms with Gasteiger partial charge in [-0.15, -0.1) is 0 Å². The third kappa shape index (κ3) is 4.04. The highest BCUT2D eigenvalue weighted by Gasteiger charge is 2.54. The molecule has 0 radical (unpaired) electrons. The molecule has 3 aromatic carbocycles. The number of Topliss-reactive ketones (excluding diaryl/α,β-unsaturated/α-hetero) is 1. The van der Waals surface area contributed by atoms with E-state index in [2.05, 4.69) is 69.1 Å². The summed E-state index contributed by atoms with van der Waals surface area (Å²) in [6.45, 7) is 7.66. The van der Waals surface area contributed by atoms with Crippen molar-refractivity contribution in [3.63, 3.8) is 0 Å². The minimum absolute atomic E-state index is 0. The molecular formula is C31H33BrN4O2. The van der Waals surface area contributed by atoms with E-state index in [1.54, 1.807) is 0 Å². The number of likely N-dealkylation sites (N-methyl/N-ethyl adjacent to an activating group) is 1. The fourth-order valence-corrected chi connectivity index (χ4v) is 6.41. The first kappa shape index (κ1) is 26.2. The monoisotopic (exact) mass is 572 g/mol. The van der Waals surface area contributed by atoms with Crippen LogP contribution >= 0.6 is 0 Å². The highest BCUT2D eigenvalue weighted by molar-refractivity contribution is 5.95. The summed E-state index contributed by atoms with van der Waals surface area (Å²) in [4.78, 5) is 31.2. The van der Waals surface area contributed by atoms with Crippen LogP contribution in [0.5, 0.6) is 0 Å². The number of hydrogen-bond donors (Lipinski definition) is 0. The second-order valence-electron chi connectivity index (χ2n) is 10.8. The molecule has 2 unspecified atom stereocenters. The second-order valence-corrected chi connectivity index (χ2v) is 10.8. The minimum Gasteiger partial charge on any atom is -1.00 e. The number of benzene rings is 3. The van der Waals surface area contributed by atoms with Crippen molar-refractivity contribution in [2.75, 3.05) is 18.5 Å². The second kappa shape index (κ2) is 9.70. The number of rotatable bonds is 5. The molecule has 1 amide bonds. The van der Waals surface area contributed by atoms with E-state index in [9.17, 15) is 9.59 Å². The molecule has 0 bridgehead atoms. The summed E-state index contributed by atoms with van der Waals surface area (Å²) in [5, 5.41) is 0. The first-order chi connectivity index (χ1) is 17.8. The summed E-state index contributed by atoms with van der Waals surface area (Å²) in [5.74, 6) is 0.153. The number of ketones is 1. The zero-order valence-corrected chi connectivity index (χ0v) is 23.9. The van der Waals surface area contributed by atoms with Crippen LogP contribution in [0.25, 0.3) is 11.0 Å². The predicted molar refractivity (Wildman–Crippen MR) is 145 cm³/mol. The van der Waals surface area contributed by atoms with Gasteiger partial charge in [0.2, 0.25) is 12.1 Å². The fourth-order valence-electron chi connectivity index (χ4n) is 6.41. The number of likely N-dealkylation sites (tertiary alicyclic amines) is 1. The molecule has 2 aliphatic heterocycles. The van der Waals surface area contributed by atoms with E-state index in [-0.39, 0.29) is 53.3 Å². The first-order valence-corrected chi connectivity index (χ1v) is 13.0. The van der Waals surface area contributed by atoms with E-state index in [1.165, 1.54) is 16.8 Å². The van der Waals surface area contributed by atoms with E-state index in [4.69, 9.17) is 0 Å². The van der Waals surface area contributed by atoms with Gasteiger partial charge in [0.15, 0.2) is 24.1 Å². The Morgan fingerprint density at radius 2 is 1.68 bits per heavy atom. The summed E-state index contributed by atoms with van der Waals surface area (Å²) >= 11 is 0. The van der Waals surface area contributed by atoms with Gasteiger partial charge in [-0.05, 0) is 55.2 Å². The van der Waals surface area contributed by atoms with Gasteiger partial charge in [0.25, 0.3) is 5.91 Å². The number of carbonyl (C=O) groups excluding carboxylic acids is 2. The summed E-state index contributed by atoms with van der Waals surface area (Å²) < 4.78 is 4.00. The van der Waals surface area contributed by atoms with Crippen LogP contribution in [0.15, 0.2) is 73.1 Å². The van der Waals surface area contributed by atoms with Crippen molar-refractivity contribution in [1.82, 2.24) is 9.47 Å². The number of anilines is 1. The van der Waals surface area contributed by atoms with Crippen LogP contribution in [0.3, 0.4) is 0 Å². The molecule has 196 valence electrons. The SMILES string of the molecule is Cc1cc2c(cc1C)[n+](CC(=O)c1ccccc1)cn2CC(=O)N1CCC2(C)c3ccccc3N(C)C12.[Br-]. The van der Waals surface area contributed by atoms with Crippen molar-refractivity contribution in [1.29, 1.82) is 0 Å². The largest absolute Gasteiger partial charge is 1.00 e. The van der Waals surface area contributed by atoms with Crippen molar-refractivity contribution in [3.05, 3.63) is 95.3 Å². The van der Waals surface area contributed by atoms with E-state index in [1.807, 2.05) is 50.7 Å². The number of amides is 1. The predicted octanol–water partition coefficient (Wildman–Crippen LogP) is 1.40. The molecule has 6 rings (SSSR count). The zero-order chi connectivity index (χ0) is 25.9. The smallest absolute Gasteiger partial charge is 0.266 e. The van der Waals surface area contributed by atoms with Gasteiger partial charge in [-0.25, -0.2) is 9.13 Å². The van der Waals surface area contributed by atoms with Crippen molar-refractivity contribution >= 4 is 28.4 Å². The number of hydrogen-bond acceptors (Lipinski definition) is 3. The molecule has 2 atom stereocenters. The number of fused-ring (bicyclic) bond motifs is 4. The Morgan fingerprint density at radius 3 is 2.45 bits per heavy atom. The van der Waals surface area contributed by atoms with E-state index < -0.39 is 0 Å². The molecule has 6 nitrogen and oxygen atoms in total. The van der Waals surface area contributed by atoms with Crippen LogP contribution in [0.1, 0.15) is 40.4 Å². The molecule has 0 saturated carbocycles. The minimum atomic E-state index is -0.0739. The van der Waals surface area contributed by atoms with Crippen LogP contribution in [0.4, 0.5) is 5.69 Å². The molecule has 3 heterocycles. The number of nitrogens with zero attached hydrogens (tertiary/aromatic N) is 4. The molecular weight excluding hydrogens is 540 g/mol. The van der Waals surface area contributed by atoms with Crippen molar-refractivity contribution in [3.8, 4) is 0 Å². The first-order valence-electron chi connectivity index (χ1n) is 13.0. The fraction of sp³-hybridized carbons (Fsp3) is 0.323. The molecule has 7 heteroatoms. The lowest BCUT2D eigenvalue weighted by Gasteiger charge is -2.34. The lowest BCUT2D eigenvalue weighted by atomic mass is 9.81. The molecule has 38 heavy (non-hydrogen) atoms.